The molecule has 0 radical (unpaired) electrons. The van der Waals surface area contributed by atoms with E-state index >= 15 is 0 Å². The van der Waals surface area contributed by atoms with Gasteiger partial charge in [-0.1, -0.05) is 30.7 Å². The highest BCUT2D eigenvalue weighted by Crippen LogP contribution is 2.34. The Morgan fingerprint density at radius 2 is 2.03 bits per heavy atom. The number of nitrogens with one attached hydrogen (secondary N) is 1. The fraction of sp³-hybridized carbons (Fsp3) is 0.280. The van der Waals surface area contributed by atoms with Crippen LogP contribution in [-0.4, -0.2) is 19.6 Å². The SMILES string of the molecule is C=CCc1cc(/C=C(\C#N)C(=O)Nc2ccc(C)cc2C)cc(OC)c1OCCC. The van der Waals surface area contributed by atoms with E-state index < -0.39 is 5.91 Å². The number of anilines is 1. The monoisotopic (exact) mass is 404 g/mol. The van der Waals surface area contributed by atoms with E-state index in [9.17, 15) is 10.1 Å². The minimum atomic E-state index is -0.458. The number of allylic oxidation sites excluding steroid dienone is 1. The number of hydrogen-bond donors (Lipinski definition) is 1. The minimum absolute atomic E-state index is 0.00353. The predicted octanol–water partition coefficient (Wildman–Crippen LogP) is 5.38. The van der Waals surface area contributed by atoms with Gasteiger partial charge < -0.3 is 14.8 Å². The highest BCUT2D eigenvalue weighted by atomic mass is 16.5. The first-order valence-electron chi connectivity index (χ1n) is 9.88. The van der Waals surface area contributed by atoms with Gasteiger partial charge in [0.15, 0.2) is 11.5 Å². The lowest BCUT2D eigenvalue weighted by Crippen LogP contribution is -2.14. The molecule has 2 aromatic rings. The highest BCUT2D eigenvalue weighted by Gasteiger charge is 2.15. The van der Waals surface area contributed by atoms with Gasteiger partial charge in [-0.2, -0.15) is 5.26 Å². The van der Waals surface area contributed by atoms with Gasteiger partial charge in [-0.3, -0.25) is 4.79 Å². The van der Waals surface area contributed by atoms with E-state index in [2.05, 4.69) is 11.9 Å². The number of aryl methyl sites for hydroxylation is 2. The first kappa shape index (κ1) is 22.8. The zero-order valence-electron chi connectivity index (χ0n) is 18.0. The molecule has 0 aliphatic rings. The molecule has 156 valence electrons. The number of ether oxygens (including phenoxy) is 2. The van der Waals surface area contributed by atoms with Crippen molar-refractivity contribution in [2.24, 2.45) is 0 Å². The highest BCUT2D eigenvalue weighted by molar-refractivity contribution is 6.10. The van der Waals surface area contributed by atoms with Crippen LogP contribution in [0.4, 0.5) is 5.69 Å². The lowest BCUT2D eigenvalue weighted by atomic mass is 10.0. The van der Waals surface area contributed by atoms with Crippen molar-refractivity contribution < 1.29 is 14.3 Å². The summed E-state index contributed by atoms with van der Waals surface area (Å²) in [5.74, 6) is 0.760. The molecule has 30 heavy (non-hydrogen) atoms. The van der Waals surface area contributed by atoms with Gasteiger partial charge >= 0.3 is 0 Å². The molecule has 0 saturated heterocycles. The second-order valence-electron chi connectivity index (χ2n) is 6.99. The standard InChI is InChI=1S/C25H28N2O3/c1-6-8-20-13-19(15-23(29-5)24(20)30-11-7-2)14-21(16-26)25(28)27-22-10-9-17(3)12-18(22)4/h6,9-10,12-15H,1,7-8,11H2,2-5H3,(H,27,28)/b21-14+. The summed E-state index contributed by atoms with van der Waals surface area (Å²) in [6, 6.07) is 11.4. The van der Waals surface area contributed by atoms with Crippen molar-refractivity contribution in [2.75, 3.05) is 19.0 Å². The second-order valence-corrected chi connectivity index (χ2v) is 6.99. The molecule has 0 spiro atoms. The third kappa shape index (κ3) is 5.74. The maximum Gasteiger partial charge on any atom is 0.266 e. The topological polar surface area (TPSA) is 71.4 Å². The zero-order chi connectivity index (χ0) is 22.1. The van der Waals surface area contributed by atoms with Crippen LogP contribution in [0.2, 0.25) is 0 Å². The molecule has 0 aliphatic heterocycles. The molecule has 0 fully saturated rings. The van der Waals surface area contributed by atoms with Crippen LogP contribution >= 0.6 is 0 Å². The maximum absolute atomic E-state index is 12.7. The Morgan fingerprint density at radius 1 is 1.27 bits per heavy atom. The number of carbonyl (C=O) groups is 1. The van der Waals surface area contributed by atoms with Crippen LogP contribution in [0.1, 0.15) is 35.6 Å². The van der Waals surface area contributed by atoms with Crippen LogP contribution < -0.4 is 14.8 Å². The number of rotatable bonds is 9. The maximum atomic E-state index is 12.7. The molecule has 0 aliphatic carbocycles. The molecule has 0 aromatic heterocycles. The number of benzene rings is 2. The Hall–Kier alpha value is -3.52. The van der Waals surface area contributed by atoms with Gasteiger partial charge in [0, 0.05) is 11.3 Å². The van der Waals surface area contributed by atoms with Crippen molar-refractivity contribution in [3.8, 4) is 17.6 Å². The molecule has 5 nitrogen and oxygen atoms in total. The van der Waals surface area contributed by atoms with Crippen molar-refractivity contribution >= 4 is 17.7 Å². The number of amides is 1. The zero-order valence-corrected chi connectivity index (χ0v) is 18.0. The van der Waals surface area contributed by atoms with E-state index in [0.717, 1.165) is 23.1 Å². The van der Waals surface area contributed by atoms with E-state index in [1.54, 1.807) is 25.3 Å². The van der Waals surface area contributed by atoms with Crippen molar-refractivity contribution in [2.45, 2.75) is 33.6 Å². The Morgan fingerprint density at radius 3 is 2.63 bits per heavy atom. The van der Waals surface area contributed by atoms with Gasteiger partial charge in [0.25, 0.3) is 5.91 Å². The Bertz CT molecular complexity index is 1000. The molecule has 0 unspecified atom stereocenters. The fourth-order valence-electron chi connectivity index (χ4n) is 3.05. The summed E-state index contributed by atoms with van der Waals surface area (Å²) in [7, 11) is 1.57. The summed E-state index contributed by atoms with van der Waals surface area (Å²) in [5.41, 5.74) is 4.29. The summed E-state index contributed by atoms with van der Waals surface area (Å²) in [5, 5.41) is 12.4. The van der Waals surface area contributed by atoms with Crippen LogP contribution in [0, 0.1) is 25.2 Å². The third-order valence-electron chi connectivity index (χ3n) is 4.49. The minimum Gasteiger partial charge on any atom is -0.493 e. The molecule has 5 heteroatoms. The van der Waals surface area contributed by atoms with Gasteiger partial charge in [-0.15, -0.1) is 6.58 Å². The van der Waals surface area contributed by atoms with Gasteiger partial charge in [0.2, 0.25) is 0 Å². The Labute approximate surface area is 178 Å². The molecular weight excluding hydrogens is 376 g/mol. The molecule has 0 bridgehead atoms. The van der Waals surface area contributed by atoms with Gasteiger partial charge in [-0.25, -0.2) is 0 Å². The van der Waals surface area contributed by atoms with Crippen LogP contribution in [0.5, 0.6) is 11.5 Å². The van der Waals surface area contributed by atoms with Crippen molar-refractivity contribution in [3.05, 3.63) is 70.8 Å². The lowest BCUT2D eigenvalue weighted by Gasteiger charge is -2.15. The first-order chi connectivity index (χ1) is 14.4. The number of hydrogen-bond acceptors (Lipinski definition) is 4. The van der Waals surface area contributed by atoms with Crippen molar-refractivity contribution in [1.29, 1.82) is 5.26 Å². The summed E-state index contributed by atoms with van der Waals surface area (Å²) in [4.78, 5) is 12.7. The average Bonchev–Trinajstić information content (AvgIpc) is 2.73. The third-order valence-corrected chi connectivity index (χ3v) is 4.49. The van der Waals surface area contributed by atoms with E-state index in [-0.39, 0.29) is 5.57 Å². The normalized spacial score (nSPS) is 10.8. The van der Waals surface area contributed by atoms with Gasteiger partial charge in [-0.05, 0) is 62.1 Å². The Balaban J connectivity index is 2.39. The molecule has 1 N–H and O–H groups in total. The van der Waals surface area contributed by atoms with Crippen molar-refractivity contribution in [3.63, 3.8) is 0 Å². The summed E-state index contributed by atoms with van der Waals surface area (Å²) in [6.07, 6.45) is 4.78. The average molecular weight is 405 g/mol. The summed E-state index contributed by atoms with van der Waals surface area (Å²) >= 11 is 0. The number of nitriles is 1. The molecule has 2 rings (SSSR count). The van der Waals surface area contributed by atoms with Gasteiger partial charge in [0.05, 0.1) is 13.7 Å². The molecular formula is C25H28N2O3. The molecule has 0 atom stereocenters. The van der Waals surface area contributed by atoms with Gasteiger partial charge in [0.1, 0.15) is 11.6 Å². The van der Waals surface area contributed by atoms with E-state index in [1.165, 1.54) is 0 Å². The Kier molecular flexibility index (Phi) is 8.25. The first-order valence-corrected chi connectivity index (χ1v) is 9.88. The summed E-state index contributed by atoms with van der Waals surface area (Å²) in [6.45, 7) is 10.3. The van der Waals surface area contributed by atoms with Crippen LogP contribution in [0.3, 0.4) is 0 Å². The predicted molar refractivity (Wildman–Crippen MR) is 121 cm³/mol. The fourth-order valence-corrected chi connectivity index (χ4v) is 3.05. The van der Waals surface area contributed by atoms with E-state index in [0.29, 0.717) is 35.8 Å². The molecule has 1 amide bonds. The molecule has 2 aromatic carbocycles. The quantitative estimate of drug-likeness (QED) is 0.346. The van der Waals surface area contributed by atoms with Crippen molar-refractivity contribution in [1.82, 2.24) is 0 Å². The largest absolute Gasteiger partial charge is 0.493 e. The number of carbonyl (C=O) groups excluding carboxylic acids is 1. The summed E-state index contributed by atoms with van der Waals surface area (Å²) < 4.78 is 11.4. The molecule has 0 heterocycles. The lowest BCUT2D eigenvalue weighted by molar-refractivity contribution is -0.112. The smallest absolute Gasteiger partial charge is 0.266 e. The second kappa shape index (κ2) is 10.9. The molecule has 0 saturated carbocycles. The number of methoxy groups -OCH3 is 1. The van der Waals surface area contributed by atoms with Crippen LogP contribution in [0.25, 0.3) is 6.08 Å². The van der Waals surface area contributed by atoms with Crippen LogP contribution in [0.15, 0.2) is 48.6 Å². The van der Waals surface area contributed by atoms with E-state index in [1.807, 2.05) is 51.1 Å². The van der Waals surface area contributed by atoms with E-state index in [4.69, 9.17) is 9.47 Å². The van der Waals surface area contributed by atoms with Crippen LogP contribution in [-0.2, 0) is 11.2 Å². The number of nitrogens with zero attached hydrogens (tertiary/aromatic N) is 1.